The first-order chi connectivity index (χ1) is 5.61. The second kappa shape index (κ2) is 3.87. The second-order valence-corrected chi connectivity index (χ2v) is 3.59. The van der Waals surface area contributed by atoms with Crippen LogP contribution in [0.4, 0.5) is 0 Å². The number of amides is 1. The van der Waals surface area contributed by atoms with E-state index in [1.807, 2.05) is 0 Å². The summed E-state index contributed by atoms with van der Waals surface area (Å²) >= 11 is 0. The molecule has 1 saturated carbocycles. The Morgan fingerprint density at radius 3 is 2.50 bits per heavy atom. The molecule has 0 aromatic heterocycles. The molecule has 1 fully saturated rings. The smallest absolute Gasteiger partial charge is 0.251 e. The Balaban J connectivity index is 2.30. The van der Waals surface area contributed by atoms with Gasteiger partial charge in [0.1, 0.15) is 0 Å². The average Bonchev–Trinajstić information content (AvgIpc) is 1.81. The van der Waals surface area contributed by atoms with Crippen molar-refractivity contribution >= 4 is 5.91 Å². The Kier molecular flexibility index (Phi) is 3.05. The molecule has 1 aliphatic carbocycles. The van der Waals surface area contributed by atoms with Crippen LogP contribution in [0.5, 0.6) is 0 Å². The standard InChI is InChI=1S/C8H17N3O/c1-11(2)10-8(12)7(9)6-4-3-5-6/h6-7H,3-5,9H2,1-2H3,(H,10,12). The van der Waals surface area contributed by atoms with Gasteiger partial charge in [0, 0.05) is 14.1 Å². The van der Waals surface area contributed by atoms with Crippen LogP contribution in [-0.4, -0.2) is 31.1 Å². The zero-order valence-corrected chi connectivity index (χ0v) is 7.71. The van der Waals surface area contributed by atoms with Gasteiger partial charge in [-0.1, -0.05) is 6.42 Å². The molecule has 1 atom stereocenters. The molecule has 0 heterocycles. The van der Waals surface area contributed by atoms with Crippen LogP contribution in [-0.2, 0) is 4.79 Å². The second-order valence-electron chi connectivity index (χ2n) is 3.59. The number of nitrogens with zero attached hydrogens (tertiary/aromatic N) is 1. The molecule has 70 valence electrons. The summed E-state index contributed by atoms with van der Waals surface area (Å²) in [7, 11) is 3.57. The van der Waals surface area contributed by atoms with Crippen LogP contribution in [0.25, 0.3) is 0 Å². The summed E-state index contributed by atoms with van der Waals surface area (Å²) in [6.45, 7) is 0. The van der Waals surface area contributed by atoms with Crippen LogP contribution in [0.2, 0.25) is 0 Å². The van der Waals surface area contributed by atoms with Crippen LogP contribution in [0.15, 0.2) is 0 Å². The fourth-order valence-corrected chi connectivity index (χ4v) is 1.31. The van der Waals surface area contributed by atoms with Crippen molar-refractivity contribution in [1.82, 2.24) is 10.4 Å². The van der Waals surface area contributed by atoms with Gasteiger partial charge < -0.3 is 5.73 Å². The number of carbonyl (C=O) groups is 1. The molecule has 0 aliphatic heterocycles. The third kappa shape index (κ3) is 2.19. The molecule has 12 heavy (non-hydrogen) atoms. The van der Waals surface area contributed by atoms with Crippen molar-refractivity contribution in [2.45, 2.75) is 25.3 Å². The van der Waals surface area contributed by atoms with E-state index in [2.05, 4.69) is 5.43 Å². The molecule has 1 aliphatic rings. The molecule has 1 rings (SSSR count). The third-order valence-electron chi connectivity index (χ3n) is 2.29. The van der Waals surface area contributed by atoms with Crippen LogP contribution < -0.4 is 11.2 Å². The highest BCUT2D eigenvalue weighted by atomic mass is 16.2. The molecule has 0 saturated heterocycles. The predicted octanol–water partition coefficient (Wildman–Crippen LogP) is -0.293. The minimum atomic E-state index is -0.318. The number of hydrogen-bond acceptors (Lipinski definition) is 3. The van der Waals surface area contributed by atoms with Crippen LogP contribution in [0.3, 0.4) is 0 Å². The Morgan fingerprint density at radius 2 is 2.17 bits per heavy atom. The van der Waals surface area contributed by atoms with Gasteiger partial charge >= 0.3 is 0 Å². The lowest BCUT2D eigenvalue weighted by atomic mass is 9.80. The summed E-state index contributed by atoms with van der Waals surface area (Å²) in [5.41, 5.74) is 8.39. The monoisotopic (exact) mass is 171 g/mol. The van der Waals surface area contributed by atoms with Gasteiger partial charge in [0.15, 0.2) is 0 Å². The molecule has 4 heteroatoms. The van der Waals surface area contributed by atoms with Gasteiger partial charge in [0.2, 0.25) is 0 Å². The maximum Gasteiger partial charge on any atom is 0.251 e. The fraction of sp³-hybridized carbons (Fsp3) is 0.875. The van der Waals surface area contributed by atoms with Crippen LogP contribution in [0.1, 0.15) is 19.3 Å². The van der Waals surface area contributed by atoms with E-state index in [1.165, 1.54) is 6.42 Å². The summed E-state index contributed by atoms with van der Waals surface area (Å²) in [6.07, 6.45) is 3.41. The van der Waals surface area contributed by atoms with Crippen LogP contribution >= 0.6 is 0 Å². The van der Waals surface area contributed by atoms with Crippen molar-refractivity contribution in [2.24, 2.45) is 11.7 Å². The lowest BCUT2D eigenvalue weighted by molar-refractivity contribution is -0.128. The maximum absolute atomic E-state index is 11.3. The number of carbonyl (C=O) groups excluding carboxylic acids is 1. The van der Waals surface area contributed by atoms with Gasteiger partial charge in [-0.2, -0.15) is 0 Å². The molecule has 1 amide bonds. The van der Waals surface area contributed by atoms with Crippen molar-refractivity contribution < 1.29 is 4.79 Å². The predicted molar refractivity (Wildman–Crippen MR) is 47.1 cm³/mol. The van der Waals surface area contributed by atoms with Crippen molar-refractivity contribution in [3.63, 3.8) is 0 Å². The van der Waals surface area contributed by atoms with E-state index in [1.54, 1.807) is 19.1 Å². The number of nitrogens with one attached hydrogen (secondary N) is 1. The van der Waals surface area contributed by atoms with E-state index < -0.39 is 0 Å². The first kappa shape index (κ1) is 9.48. The van der Waals surface area contributed by atoms with E-state index in [0.717, 1.165) is 12.8 Å². The first-order valence-corrected chi connectivity index (χ1v) is 4.34. The zero-order chi connectivity index (χ0) is 9.14. The van der Waals surface area contributed by atoms with Gasteiger partial charge in [-0.15, -0.1) is 0 Å². The largest absolute Gasteiger partial charge is 0.320 e. The SMILES string of the molecule is CN(C)NC(=O)C(N)C1CCC1. The van der Waals surface area contributed by atoms with Gasteiger partial charge in [0.05, 0.1) is 6.04 Å². The summed E-state index contributed by atoms with van der Waals surface area (Å²) in [5, 5.41) is 1.63. The maximum atomic E-state index is 11.3. The highest BCUT2D eigenvalue weighted by Gasteiger charge is 2.29. The quantitative estimate of drug-likeness (QED) is 0.573. The minimum Gasteiger partial charge on any atom is -0.320 e. The topological polar surface area (TPSA) is 58.4 Å². The molecule has 0 bridgehead atoms. The van der Waals surface area contributed by atoms with E-state index in [-0.39, 0.29) is 11.9 Å². The van der Waals surface area contributed by atoms with Crippen molar-refractivity contribution in [3.8, 4) is 0 Å². The van der Waals surface area contributed by atoms with Gasteiger partial charge in [-0.05, 0) is 18.8 Å². The average molecular weight is 171 g/mol. The molecular weight excluding hydrogens is 154 g/mol. The lowest BCUT2D eigenvalue weighted by Crippen LogP contribution is -2.51. The van der Waals surface area contributed by atoms with E-state index in [9.17, 15) is 4.79 Å². The molecular formula is C8H17N3O. The Bertz CT molecular complexity index is 166. The Morgan fingerprint density at radius 1 is 1.58 bits per heavy atom. The number of rotatable bonds is 3. The molecule has 0 spiro atoms. The van der Waals surface area contributed by atoms with E-state index in [4.69, 9.17) is 5.73 Å². The molecule has 3 N–H and O–H groups in total. The third-order valence-corrected chi connectivity index (χ3v) is 2.29. The minimum absolute atomic E-state index is 0.0651. The highest BCUT2D eigenvalue weighted by molar-refractivity contribution is 5.81. The van der Waals surface area contributed by atoms with Crippen LogP contribution in [0, 0.1) is 5.92 Å². The summed E-state index contributed by atoms with van der Waals surface area (Å²) in [4.78, 5) is 11.3. The van der Waals surface area contributed by atoms with Gasteiger partial charge in [0.25, 0.3) is 5.91 Å². The highest BCUT2D eigenvalue weighted by Crippen LogP contribution is 2.28. The summed E-state index contributed by atoms with van der Waals surface area (Å²) in [6, 6.07) is -0.318. The Hall–Kier alpha value is -0.610. The number of nitrogens with two attached hydrogens (primary N) is 1. The summed E-state index contributed by atoms with van der Waals surface area (Å²) < 4.78 is 0. The molecule has 1 unspecified atom stereocenters. The molecule has 4 nitrogen and oxygen atoms in total. The normalized spacial score (nSPS) is 20.3. The van der Waals surface area contributed by atoms with Crippen molar-refractivity contribution in [3.05, 3.63) is 0 Å². The van der Waals surface area contributed by atoms with Crippen molar-refractivity contribution in [1.29, 1.82) is 0 Å². The molecule has 0 radical (unpaired) electrons. The fourth-order valence-electron chi connectivity index (χ4n) is 1.31. The lowest BCUT2D eigenvalue weighted by Gasteiger charge is -2.30. The zero-order valence-electron chi connectivity index (χ0n) is 7.71. The van der Waals surface area contributed by atoms with Crippen molar-refractivity contribution in [2.75, 3.05) is 14.1 Å². The molecule has 0 aromatic rings. The first-order valence-electron chi connectivity index (χ1n) is 4.34. The number of hydrazine groups is 1. The van der Waals surface area contributed by atoms with Gasteiger partial charge in [-0.25, -0.2) is 5.01 Å². The van der Waals surface area contributed by atoms with E-state index in [0.29, 0.717) is 5.92 Å². The van der Waals surface area contributed by atoms with Gasteiger partial charge in [-0.3, -0.25) is 10.2 Å². The number of hydrogen-bond donors (Lipinski definition) is 2. The van der Waals surface area contributed by atoms with E-state index >= 15 is 0 Å². The Labute approximate surface area is 73.1 Å². The molecule has 0 aromatic carbocycles. The summed E-state index contributed by atoms with van der Waals surface area (Å²) in [5.74, 6) is 0.342.